The Bertz CT molecular complexity index is 697. The summed E-state index contributed by atoms with van der Waals surface area (Å²) in [4.78, 5) is 33.7. The second-order valence-electron chi connectivity index (χ2n) is 4.65. The van der Waals surface area contributed by atoms with E-state index in [4.69, 9.17) is 4.42 Å². The monoisotopic (exact) mass is 317 g/mol. The molecule has 1 heterocycles. The lowest BCUT2D eigenvalue weighted by molar-refractivity contribution is -0.385. The molecule has 0 spiro atoms. The number of para-hydroxylation sites is 1. The summed E-state index contributed by atoms with van der Waals surface area (Å²) in [5.74, 6) is -0.536. The molecular weight excluding hydrogens is 302 g/mol. The highest BCUT2D eigenvalue weighted by Gasteiger charge is 2.15. The molecular formula is C15H15N3O5. The number of carbonyl (C=O) groups is 2. The highest BCUT2D eigenvalue weighted by molar-refractivity contribution is 5.91. The van der Waals surface area contributed by atoms with Crippen LogP contribution < -0.4 is 10.6 Å². The van der Waals surface area contributed by atoms with E-state index in [9.17, 15) is 19.7 Å². The summed E-state index contributed by atoms with van der Waals surface area (Å²) in [7, 11) is 0. The Morgan fingerprint density at radius 3 is 2.52 bits per heavy atom. The molecule has 1 aromatic carbocycles. The van der Waals surface area contributed by atoms with E-state index in [-0.39, 0.29) is 42.8 Å². The minimum absolute atomic E-state index is 0.0891. The number of amides is 2. The molecule has 0 unspecified atom stereocenters. The summed E-state index contributed by atoms with van der Waals surface area (Å²) in [5.41, 5.74) is 0.253. The SMILES string of the molecule is O=C(Cc1ccccc1[N+](=O)[O-])NCCNC(=O)c1ccco1. The molecule has 0 fully saturated rings. The van der Waals surface area contributed by atoms with Crippen molar-refractivity contribution in [2.45, 2.75) is 6.42 Å². The normalized spacial score (nSPS) is 10.1. The van der Waals surface area contributed by atoms with Gasteiger partial charge in [-0.3, -0.25) is 19.7 Å². The number of furan rings is 1. The quantitative estimate of drug-likeness (QED) is 0.453. The van der Waals surface area contributed by atoms with E-state index >= 15 is 0 Å². The van der Waals surface area contributed by atoms with Crippen LogP contribution in [0.15, 0.2) is 47.1 Å². The lowest BCUT2D eigenvalue weighted by Crippen LogP contribution is -2.35. The minimum atomic E-state index is -0.522. The minimum Gasteiger partial charge on any atom is -0.459 e. The maximum Gasteiger partial charge on any atom is 0.287 e. The molecule has 0 atom stereocenters. The van der Waals surface area contributed by atoms with E-state index in [1.54, 1.807) is 18.2 Å². The van der Waals surface area contributed by atoms with Crippen LogP contribution in [-0.4, -0.2) is 29.8 Å². The molecule has 0 aliphatic rings. The molecule has 0 bridgehead atoms. The van der Waals surface area contributed by atoms with Crippen molar-refractivity contribution >= 4 is 17.5 Å². The first kappa shape index (κ1) is 16.2. The second-order valence-corrected chi connectivity index (χ2v) is 4.65. The summed E-state index contributed by atoms with van der Waals surface area (Å²) in [5, 5.41) is 16.0. The zero-order valence-electron chi connectivity index (χ0n) is 12.2. The topological polar surface area (TPSA) is 114 Å². The van der Waals surface area contributed by atoms with Gasteiger partial charge < -0.3 is 15.1 Å². The molecule has 120 valence electrons. The van der Waals surface area contributed by atoms with Crippen LogP contribution >= 0.6 is 0 Å². The van der Waals surface area contributed by atoms with Gasteiger partial charge in [0.2, 0.25) is 5.91 Å². The molecule has 2 N–H and O–H groups in total. The van der Waals surface area contributed by atoms with E-state index in [2.05, 4.69) is 10.6 Å². The van der Waals surface area contributed by atoms with Gasteiger partial charge in [-0.1, -0.05) is 18.2 Å². The van der Waals surface area contributed by atoms with Crippen LogP contribution in [0.5, 0.6) is 0 Å². The van der Waals surface area contributed by atoms with Crippen LogP contribution in [0.2, 0.25) is 0 Å². The van der Waals surface area contributed by atoms with Gasteiger partial charge in [-0.05, 0) is 12.1 Å². The van der Waals surface area contributed by atoms with Crippen LogP contribution in [0.25, 0.3) is 0 Å². The number of hydrogen-bond donors (Lipinski definition) is 2. The molecule has 1 aromatic heterocycles. The summed E-state index contributed by atoms with van der Waals surface area (Å²) < 4.78 is 4.92. The molecule has 0 aliphatic heterocycles. The number of nitrogens with zero attached hydrogens (tertiary/aromatic N) is 1. The highest BCUT2D eigenvalue weighted by Crippen LogP contribution is 2.17. The van der Waals surface area contributed by atoms with Crippen molar-refractivity contribution in [2.24, 2.45) is 0 Å². The van der Waals surface area contributed by atoms with Gasteiger partial charge in [0, 0.05) is 24.7 Å². The van der Waals surface area contributed by atoms with Crippen LogP contribution in [0, 0.1) is 10.1 Å². The van der Waals surface area contributed by atoms with Gasteiger partial charge in [0.05, 0.1) is 17.6 Å². The van der Waals surface area contributed by atoms with Crippen molar-refractivity contribution < 1.29 is 18.9 Å². The van der Waals surface area contributed by atoms with Crippen molar-refractivity contribution in [3.63, 3.8) is 0 Å². The first-order valence-corrected chi connectivity index (χ1v) is 6.88. The maximum atomic E-state index is 11.8. The largest absolute Gasteiger partial charge is 0.459 e. The smallest absolute Gasteiger partial charge is 0.287 e. The predicted octanol–water partition coefficient (Wildman–Crippen LogP) is 1.28. The molecule has 2 rings (SSSR count). The molecule has 8 nitrogen and oxygen atoms in total. The van der Waals surface area contributed by atoms with Gasteiger partial charge >= 0.3 is 0 Å². The van der Waals surface area contributed by atoms with E-state index < -0.39 is 4.92 Å². The lowest BCUT2D eigenvalue weighted by Gasteiger charge is -2.06. The van der Waals surface area contributed by atoms with Crippen molar-refractivity contribution in [1.82, 2.24) is 10.6 Å². The number of carbonyl (C=O) groups excluding carboxylic acids is 2. The first-order valence-electron chi connectivity index (χ1n) is 6.88. The number of nitrogens with one attached hydrogen (secondary N) is 2. The van der Waals surface area contributed by atoms with E-state index in [1.807, 2.05) is 0 Å². The second kappa shape index (κ2) is 7.74. The molecule has 0 aliphatic carbocycles. The number of benzene rings is 1. The Kier molecular flexibility index (Phi) is 5.45. The predicted molar refractivity (Wildman–Crippen MR) is 80.9 cm³/mol. The zero-order chi connectivity index (χ0) is 16.7. The number of nitro groups is 1. The molecule has 2 amide bonds. The fraction of sp³-hybridized carbons (Fsp3) is 0.200. The number of rotatable bonds is 7. The third kappa shape index (κ3) is 4.67. The van der Waals surface area contributed by atoms with Gasteiger partial charge in [-0.2, -0.15) is 0 Å². The zero-order valence-corrected chi connectivity index (χ0v) is 12.2. The third-order valence-electron chi connectivity index (χ3n) is 3.02. The van der Waals surface area contributed by atoms with Crippen molar-refractivity contribution in [1.29, 1.82) is 0 Å². The molecule has 0 saturated heterocycles. The summed E-state index contributed by atoms with van der Waals surface area (Å²) >= 11 is 0. The van der Waals surface area contributed by atoms with Crippen molar-refractivity contribution in [3.8, 4) is 0 Å². The van der Waals surface area contributed by atoms with Gasteiger partial charge in [-0.15, -0.1) is 0 Å². The summed E-state index contributed by atoms with van der Waals surface area (Å²) in [6.07, 6.45) is 1.30. The van der Waals surface area contributed by atoms with Crippen LogP contribution in [0.4, 0.5) is 5.69 Å². The van der Waals surface area contributed by atoms with E-state index in [1.165, 1.54) is 24.5 Å². The van der Waals surface area contributed by atoms with Crippen LogP contribution in [0.3, 0.4) is 0 Å². The number of nitro benzene ring substituents is 1. The molecule has 0 saturated carbocycles. The Morgan fingerprint density at radius 2 is 1.83 bits per heavy atom. The maximum absolute atomic E-state index is 11.8. The first-order chi connectivity index (χ1) is 11.1. The molecule has 2 aromatic rings. The Balaban J connectivity index is 1.76. The fourth-order valence-electron chi connectivity index (χ4n) is 1.95. The van der Waals surface area contributed by atoms with Crippen molar-refractivity contribution in [2.75, 3.05) is 13.1 Å². The van der Waals surface area contributed by atoms with Gasteiger partial charge in [0.25, 0.3) is 11.6 Å². The van der Waals surface area contributed by atoms with E-state index in [0.717, 1.165) is 0 Å². The summed E-state index contributed by atoms with van der Waals surface area (Å²) in [6, 6.07) is 9.21. The van der Waals surface area contributed by atoms with Gasteiger partial charge in [0.15, 0.2) is 5.76 Å². The van der Waals surface area contributed by atoms with Crippen LogP contribution in [0.1, 0.15) is 16.1 Å². The Morgan fingerprint density at radius 1 is 1.09 bits per heavy atom. The average molecular weight is 317 g/mol. The number of hydrogen-bond acceptors (Lipinski definition) is 5. The highest BCUT2D eigenvalue weighted by atomic mass is 16.6. The average Bonchev–Trinajstić information content (AvgIpc) is 3.06. The fourth-order valence-corrected chi connectivity index (χ4v) is 1.95. The van der Waals surface area contributed by atoms with Crippen LogP contribution in [-0.2, 0) is 11.2 Å². The van der Waals surface area contributed by atoms with Gasteiger partial charge in [-0.25, -0.2) is 0 Å². The standard InChI is InChI=1S/C15H15N3O5/c19-14(10-11-4-1-2-5-12(11)18(21)22)16-7-8-17-15(20)13-6-3-9-23-13/h1-6,9H,7-8,10H2,(H,16,19)(H,17,20). The van der Waals surface area contributed by atoms with Gasteiger partial charge in [0.1, 0.15) is 0 Å². The van der Waals surface area contributed by atoms with Crippen molar-refractivity contribution in [3.05, 3.63) is 64.1 Å². The Hall–Kier alpha value is -3.16. The lowest BCUT2D eigenvalue weighted by atomic mass is 10.1. The molecule has 8 heteroatoms. The van der Waals surface area contributed by atoms with E-state index in [0.29, 0.717) is 5.56 Å². The molecule has 23 heavy (non-hydrogen) atoms. The third-order valence-corrected chi connectivity index (χ3v) is 3.02. The summed E-state index contributed by atoms with van der Waals surface area (Å²) in [6.45, 7) is 0.439. The molecule has 0 radical (unpaired) electrons. The Labute approximate surface area is 131 Å².